The predicted octanol–water partition coefficient (Wildman–Crippen LogP) is 1.31. The molecule has 17 heavy (non-hydrogen) atoms. The minimum atomic E-state index is -0.548. The van der Waals surface area contributed by atoms with E-state index in [2.05, 4.69) is 0 Å². The Morgan fingerprint density at radius 3 is 2.65 bits per heavy atom. The smallest absolute Gasteiger partial charge is 0.124 e. The number of rotatable bonds is 7. The molecule has 1 unspecified atom stereocenters. The SMILES string of the molecule is COCCN(C)CC(O)c1ccccc1OC. The topological polar surface area (TPSA) is 41.9 Å². The van der Waals surface area contributed by atoms with Gasteiger partial charge in [0, 0.05) is 25.8 Å². The van der Waals surface area contributed by atoms with Crippen LogP contribution in [-0.4, -0.2) is 51.0 Å². The Hall–Kier alpha value is -1.10. The minimum absolute atomic E-state index is 0.548. The number of benzene rings is 1. The number of aliphatic hydroxyl groups excluding tert-OH is 1. The van der Waals surface area contributed by atoms with Crippen LogP contribution in [0.15, 0.2) is 24.3 Å². The minimum Gasteiger partial charge on any atom is -0.496 e. The van der Waals surface area contributed by atoms with Crippen LogP contribution >= 0.6 is 0 Å². The normalized spacial score (nSPS) is 12.8. The van der Waals surface area contributed by atoms with Gasteiger partial charge in [-0.2, -0.15) is 0 Å². The fourth-order valence-electron chi connectivity index (χ4n) is 1.67. The van der Waals surface area contributed by atoms with E-state index in [4.69, 9.17) is 9.47 Å². The van der Waals surface area contributed by atoms with Crippen molar-refractivity contribution in [1.82, 2.24) is 4.90 Å². The van der Waals surface area contributed by atoms with Gasteiger partial charge in [-0.15, -0.1) is 0 Å². The average Bonchev–Trinajstić information content (AvgIpc) is 2.36. The molecular formula is C13H21NO3. The van der Waals surface area contributed by atoms with Crippen molar-refractivity contribution in [2.24, 2.45) is 0 Å². The zero-order chi connectivity index (χ0) is 12.7. The van der Waals surface area contributed by atoms with E-state index in [0.29, 0.717) is 13.2 Å². The summed E-state index contributed by atoms with van der Waals surface area (Å²) in [5, 5.41) is 10.1. The van der Waals surface area contributed by atoms with Crippen LogP contribution in [0.4, 0.5) is 0 Å². The molecular weight excluding hydrogens is 218 g/mol. The van der Waals surface area contributed by atoms with Crippen LogP contribution in [0, 0.1) is 0 Å². The highest BCUT2D eigenvalue weighted by molar-refractivity contribution is 5.35. The van der Waals surface area contributed by atoms with E-state index >= 15 is 0 Å². The summed E-state index contributed by atoms with van der Waals surface area (Å²) in [6.07, 6.45) is -0.548. The van der Waals surface area contributed by atoms with E-state index in [0.717, 1.165) is 17.9 Å². The maximum atomic E-state index is 10.1. The van der Waals surface area contributed by atoms with Crippen molar-refractivity contribution in [3.63, 3.8) is 0 Å². The molecule has 1 aromatic carbocycles. The Balaban J connectivity index is 2.59. The van der Waals surface area contributed by atoms with Crippen molar-refractivity contribution in [3.05, 3.63) is 29.8 Å². The molecule has 1 N–H and O–H groups in total. The van der Waals surface area contributed by atoms with Crippen molar-refractivity contribution in [3.8, 4) is 5.75 Å². The maximum Gasteiger partial charge on any atom is 0.124 e. The van der Waals surface area contributed by atoms with Gasteiger partial charge in [-0.1, -0.05) is 18.2 Å². The Labute approximate surface area is 103 Å². The van der Waals surface area contributed by atoms with E-state index < -0.39 is 6.10 Å². The van der Waals surface area contributed by atoms with E-state index in [1.54, 1.807) is 14.2 Å². The van der Waals surface area contributed by atoms with E-state index in [-0.39, 0.29) is 0 Å². The van der Waals surface area contributed by atoms with Gasteiger partial charge in [0.15, 0.2) is 0 Å². The van der Waals surface area contributed by atoms with Gasteiger partial charge < -0.3 is 19.5 Å². The summed E-state index contributed by atoms with van der Waals surface area (Å²) in [4.78, 5) is 2.03. The average molecular weight is 239 g/mol. The molecule has 0 amide bonds. The van der Waals surface area contributed by atoms with Crippen LogP contribution in [0.25, 0.3) is 0 Å². The lowest BCUT2D eigenvalue weighted by Crippen LogP contribution is -2.28. The van der Waals surface area contributed by atoms with Crippen molar-refractivity contribution in [2.45, 2.75) is 6.10 Å². The first-order valence-corrected chi connectivity index (χ1v) is 5.67. The lowest BCUT2D eigenvalue weighted by Gasteiger charge is -2.21. The first-order valence-electron chi connectivity index (χ1n) is 5.67. The lowest BCUT2D eigenvalue weighted by molar-refractivity contribution is 0.102. The van der Waals surface area contributed by atoms with Gasteiger partial charge in [0.05, 0.1) is 19.8 Å². The number of likely N-dealkylation sites (N-methyl/N-ethyl adjacent to an activating group) is 1. The zero-order valence-corrected chi connectivity index (χ0v) is 10.7. The number of methoxy groups -OCH3 is 2. The molecule has 0 heterocycles. The molecule has 0 saturated carbocycles. The second-order valence-electron chi connectivity index (χ2n) is 4.01. The molecule has 0 aromatic heterocycles. The summed E-state index contributed by atoms with van der Waals surface area (Å²) < 4.78 is 10.2. The van der Waals surface area contributed by atoms with Gasteiger partial charge in [0.2, 0.25) is 0 Å². The first kappa shape index (κ1) is 14.0. The maximum absolute atomic E-state index is 10.1. The van der Waals surface area contributed by atoms with Crippen molar-refractivity contribution in [1.29, 1.82) is 0 Å². The van der Waals surface area contributed by atoms with Crippen molar-refractivity contribution >= 4 is 0 Å². The number of ether oxygens (including phenoxy) is 2. The number of hydrogen-bond donors (Lipinski definition) is 1. The van der Waals surface area contributed by atoms with Gasteiger partial charge >= 0.3 is 0 Å². The van der Waals surface area contributed by atoms with Crippen molar-refractivity contribution in [2.75, 3.05) is 41.0 Å². The van der Waals surface area contributed by atoms with Crippen LogP contribution in [0.1, 0.15) is 11.7 Å². The molecule has 0 radical (unpaired) electrons. The second kappa shape index (κ2) is 7.27. The molecule has 0 bridgehead atoms. The Morgan fingerprint density at radius 1 is 1.29 bits per heavy atom. The highest BCUT2D eigenvalue weighted by Crippen LogP contribution is 2.24. The fraction of sp³-hybridized carbons (Fsp3) is 0.538. The third-order valence-corrected chi connectivity index (χ3v) is 2.66. The summed E-state index contributed by atoms with van der Waals surface area (Å²) in [7, 11) is 5.24. The number of aliphatic hydroxyl groups is 1. The Bertz CT molecular complexity index is 330. The number of hydrogen-bond acceptors (Lipinski definition) is 4. The number of nitrogens with zero attached hydrogens (tertiary/aromatic N) is 1. The fourth-order valence-corrected chi connectivity index (χ4v) is 1.67. The molecule has 1 atom stereocenters. The van der Waals surface area contributed by atoms with Crippen LogP contribution in [0.3, 0.4) is 0 Å². The van der Waals surface area contributed by atoms with Crippen LogP contribution in [0.2, 0.25) is 0 Å². The first-order chi connectivity index (χ1) is 8.19. The summed E-state index contributed by atoms with van der Waals surface area (Å²) in [5.74, 6) is 0.722. The Kier molecular flexibility index (Phi) is 5.97. The highest BCUT2D eigenvalue weighted by atomic mass is 16.5. The zero-order valence-electron chi connectivity index (χ0n) is 10.7. The van der Waals surface area contributed by atoms with Crippen LogP contribution in [0.5, 0.6) is 5.75 Å². The third kappa shape index (κ3) is 4.34. The van der Waals surface area contributed by atoms with Crippen molar-refractivity contribution < 1.29 is 14.6 Å². The summed E-state index contributed by atoms with van der Waals surface area (Å²) in [6, 6.07) is 7.53. The van der Waals surface area contributed by atoms with E-state index in [1.807, 2.05) is 36.2 Å². The lowest BCUT2D eigenvalue weighted by atomic mass is 10.1. The molecule has 1 rings (SSSR count). The van der Waals surface area contributed by atoms with Crippen LogP contribution in [-0.2, 0) is 4.74 Å². The van der Waals surface area contributed by atoms with Gasteiger partial charge in [-0.25, -0.2) is 0 Å². The standard InChI is InChI=1S/C13H21NO3/c1-14(8-9-16-2)10-12(15)11-6-4-5-7-13(11)17-3/h4-7,12,15H,8-10H2,1-3H3. The summed E-state index contributed by atoms with van der Waals surface area (Å²) in [5.41, 5.74) is 0.819. The molecule has 1 aromatic rings. The van der Waals surface area contributed by atoms with Crippen LogP contribution < -0.4 is 4.74 Å². The molecule has 4 heteroatoms. The van der Waals surface area contributed by atoms with Gasteiger partial charge in [-0.05, 0) is 13.1 Å². The van der Waals surface area contributed by atoms with Gasteiger partial charge in [0.1, 0.15) is 5.75 Å². The second-order valence-corrected chi connectivity index (χ2v) is 4.01. The molecule has 0 saturated heterocycles. The molecule has 4 nitrogen and oxygen atoms in total. The molecule has 0 aliphatic carbocycles. The highest BCUT2D eigenvalue weighted by Gasteiger charge is 2.14. The summed E-state index contributed by atoms with van der Waals surface area (Å²) in [6.45, 7) is 2.02. The van der Waals surface area contributed by atoms with Gasteiger partial charge in [-0.3, -0.25) is 0 Å². The van der Waals surface area contributed by atoms with Gasteiger partial charge in [0.25, 0.3) is 0 Å². The number of para-hydroxylation sites is 1. The molecule has 0 aliphatic rings. The van der Waals surface area contributed by atoms with E-state index in [1.165, 1.54) is 0 Å². The quantitative estimate of drug-likeness (QED) is 0.779. The molecule has 0 fully saturated rings. The third-order valence-electron chi connectivity index (χ3n) is 2.66. The molecule has 96 valence electrons. The Morgan fingerprint density at radius 2 is 2.00 bits per heavy atom. The monoisotopic (exact) mass is 239 g/mol. The largest absolute Gasteiger partial charge is 0.496 e. The predicted molar refractivity (Wildman–Crippen MR) is 67.3 cm³/mol. The molecule has 0 spiro atoms. The van der Waals surface area contributed by atoms with E-state index in [9.17, 15) is 5.11 Å². The molecule has 0 aliphatic heterocycles. The summed E-state index contributed by atoms with van der Waals surface area (Å²) >= 11 is 0.